The minimum Gasteiger partial charge on any atom is -0.408 e. The molecule has 3 rings (SSSR count). The number of aromatic nitrogens is 1. The van der Waals surface area contributed by atoms with Crippen molar-refractivity contribution in [3.8, 4) is 5.75 Å². The first-order chi connectivity index (χ1) is 14.4. The van der Waals surface area contributed by atoms with E-state index < -0.39 is 12.0 Å². The van der Waals surface area contributed by atoms with Gasteiger partial charge in [-0.15, -0.1) is 0 Å². The molecule has 0 saturated heterocycles. The van der Waals surface area contributed by atoms with Crippen LogP contribution in [-0.2, 0) is 4.79 Å². The third kappa shape index (κ3) is 4.78. The second kappa shape index (κ2) is 9.13. The SMILES string of the molecule is Cc1cccc(C)c1N1C=C(C(=O)N=Cc2ncccc2OC(=O)N(C)C)N=CC1. The van der Waals surface area contributed by atoms with Crippen LogP contribution in [0.25, 0.3) is 0 Å². The highest BCUT2D eigenvalue weighted by Gasteiger charge is 2.17. The van der Waals surface area contributed by atoms with Crippen LogP contribution in [0.3, 0.4) is 0 Å². The van der Waals surface area contributed by atoms with Crippen LogP contribution in [0, 0.1) is 13.8 Å². The summed E-state index contributed by atoms with van der Waals surface area (Å²) in [5.41, 5.74) is 3.74. The van der Waals surface area contributed by atoms with E-state index in [0.717, 1.165) is 16.8 Å². The summed E-state index contributed by atoms with van der Waals surface area (Å²) in [5, 5.41) is 0. The molecule has 2 amide bonds. The van der Waals surface area contributed by atoms with Crippen LogP contribution < -0.4 is 9.64 Å². The summed E-state index contributed by atoms with van der Waals surface area (Å²) in [6.45, 7) is 4.62. The molecule has 1 aliphatic heterocycles. The second-order valence-corrected chi connectivity index (χ2v) is 6.93. The summed E-state index contributed by atoms with van der Waals surface area (Å²) in [5.74, 6) is -0.302. The Morgan fingerprint density at radius 1 is 1.17 bits per heavy atom. The number of anilines is 1. The Bertz CT molecular complexity index is 1040. The monoisotopic (exact) mass is 405 g/mol. The van der Waals surface area contributed by atoms with Gasteiger partial charge in [-0.2, -0.15) is 0 Å². The highest BCUT2D eigenvalue weighted by molar-refractivity contribution is 6.03. The average Bonchev–Trinajstić information content (AvgIpc) is 2.73. The normalized spacial score (nSPS) is 13.3. The fourth-order valence-electron chi connectivity index (χ4n) is 2.94. The Hall–Kier alpha value is -3.81. The van der Waals surface area contributed by atoms with Gasteiger partial charge < -0.3 is 14.5 Å². The Kier molecular flexibility index (Phi) is 6.36. The number of hydrogen-bond acceptors (Lipinski definition) is 6. The zero-order valence-corrected chi connectivity index (χ0v) is 17.4. The van der Waals surface area contributed by atoms with Crippen LogP contribution >= 0.6 is 0 Å². The molecular formula is C22H23N5O3. The van der Waals surface area contributed by atoms with Gasteiger partial charge in [-0.05, 0) is 37.1 Å². The molecule has 0 unspecified atom stereocenters. The minimum absolute atomic E-state index is 0.211. The molecule has 30 heavy (non-hydrogen) atoms. The molecular weight excluding hydrogens is 382 g/mol. The number of rotatable bonds is 4. The van der Waals surface area contributed by atoms with E-state index in [0.29, 0.717) is 6.54 Å². The van der Waals surface area contributed by atoms with E-state index in [4.69, 9.17) is 4.74 Å². The van der Waals surface area contributed by atoms with Crippen LogP contribution in [-0.4, -0.2) is 55.0 Å². The van der Waals surface area contributed by atoms with E-state index in [9.17, 15) is 9.59 Å². The molecule has 0 bridgehead atoms. The van der Waals surface area contributed by atoms with Gasteiger partial charge in [0.05, 0.1) is 12.8 Å². The maximum absolute atomic E-state index is 12.6. The molecule has 8 heteroatoms. The molecule has 1 aromatic carbocycles. The fourth-order valence-corrected chi connectivity index (χ4v) is 2.94. The number of aryl methyl sites for hydroxylation is 2. The van der Waals surface area contributed by atoms with Crippen molar-refractivity contribution in [3.63, 3.8) is 0 Å². The van der Waals surface area contributed by atoms with Crippen molar-refractivity contribution >= 4 is 30.1 Å². The Labute approximate surface area is 175 Å². The predicted molar refractivity (Wildman–Crippen MR) is 116 cm³/mol. The number of pyridine rings is 1. The van der Waals surface area contributed by atoms with Crippen LogP contribution in [0.15, 0.2) is 58.4 Å². The number of hydrogen-bond donors (Lipinski definition) is 0. The Morgan fingerprint density at radius 3 is 2.60 bits per heavy atom. The summed E-state index contributed by atoms with van der Waals surface area (Å²) >= 11 is 0. The number of ether oxygens (including phenoxy) is 1. The first-order valence-electron chi connectivity index (χ1n) is 9.36. The van der Waals surface area contributed by atoms with Gasteiger partial charge in [0, 0.05) is 38.4 Å². The Balaban J connectivity index is 1.81. The van der Waals surface area contributed by atoms with E-state index in [-0.39, 0.29) is 17.1 Å². The highest BCUT2D eigenvalue weighted by atomic mass is 16.6. The predicted octanol–water partition coefficient (Wildman–Crippen LogP) is 3.14. The topological polar surface area (TPSA) is 87.5 Å². The fraction of sp³-hybridized carbons (Fsp3) is 0.227. The van der Waals surface area contributed by atoms with Crippen LogP contribution in [0.2, 0.25) is 0 Å². The number of benzene rings is 1. The van der Waals surface area contributed by atoms with Gasteiger partial charge in [0.25, 0.3) is 5.91 Å². The summed E-state index contributed by atoms with van der Waals surface area (Å²) in [7, 11) is 3.15. The smallest absolute Gasteiger partial charge is 0.408 e. The minimum atomic E-state index is -0.548. The van der Waals surface area contributed by atoms with Crippen molar-refractivity contribution in [3.05, 3.63) is 65.2 Å². The lowest BCUT2D eigenvalue weighted by Crippen LogP contribution is -2.26. The van der Waals surface area contributed by atoms with Gasteiger partial charge >= 0.3 is 6.09 Å². The lowest BCUT2D eigenvalue weighted by atomic mass is 10.1. The first kappa shape index (κ1) is 20.9. The maximum atomic E-state index is 12.6. The van der Waals surface area contributed by atoms with Gasteiger partial charge in [0.15, 0.2) is 5.75 Å². The van der Waals surface area contributed by atoms with Gasteiger partial charge in [-0.25, -0.2) is 9.79 Å². The van der Waals surface area contributed by atoms with Crippen molar-refractivity contribution in [2.24, 2.45) is 9.98 Å². The zero-order chi connectivity index (χ0) is 21.7. The maximum Gasteiger partial charge on any atom is 0.414 e. The molecule has 0 N–H and O–H groups in total. The van der Waals surface area contributed by atoms with Crippen molar-refractivity contribution in [2.75, 3.05) is 25.5 Å². The van der Waals surface area contributed by atoms with Gasteiger partial charge in [-0.3, -0.25) is 14.8 Å². The van der Waals surface area contributed by atoms with Gasteiger partial charge in [-0.1, -0.05) is 18.2 Å². The third-order valence-corrected chi connectivity index (χ3v) is 4.40. The molecule has 2 aromatic rings. The van der Waals surface area contributed by atoms with Crippen molar-refractivity contribution in [1.29, 1.82) is 0 Å². The molecule has 154 valence electrons. The highest BCUT2D eigenvalue weighted by Crippen LogP contribution is 2.26. The van der Waals surface area contributed by atoms with E-state index in [1.54, 1.807) is 38.6 Å². The number of para-hydroxylation sites is 1. The molecule has 0 atom stereocenters. The van der Waals surface area contributed by atoms with E-state index in [1.807, 2.05) is 36.9 Å². The summed E-state index contributed by atoms with van der Waals surface area (Å²) in [6, 6.07) is 9.27. The largest absolute Gasteiger partial charge is 0.414 e. The number of amides is 2. The molecule has 8 nitrogen and oxygen atoms in total. The molecule has 0 spiro atoms. The Morgan fingerprint density at radius 2 is 1.90 bits per heavy atom. The lowest BCUT2D eigenvalue weighted by molar-refractivity contribution is -0.114. The van der Waals surface area contributed by atoms with Gasteiger partial charge in [0.1, 0.15) is 11.4 Å². The number of carbonyl (C=O) groups excluding carboxylic acids is 2. The molecule has 0 saturated carbocycles. The van der Waals surface area contributed by atoms with Crippen molar-refractivity contribution in [1.82, 2.24) is 9.88 Å². The number of nitrogens with zero attached hydrogens (tertiary/aromatic N) is 5. The van der Waals surface area contributed by atoms with Crippen molar-refractivity contribution in [2.45, 2.75) is 13.8 Å². The van der Waals surface area contributed by atoms with Crippen LogP contribution in [0.4, 0.5) is 10.5 Å². The second-order valence-electron chi connectivity index (χ2n) is 6.93. The quantitative estimate of drug-likeness (QED) is 0.730. The van der Waals surface area contributed by atoms with Gasteiger partial charge in [0.2, 0.25) is 0 Å². The number of carbonyl (C=O) groups is 2. The van der Waals surface area contributed by atoms with Crippen LogP contribution in [0.5, 0.6) is 5.75 Å². The molecule has 1 aliphatic rings. The first-order valence-corrected chi connectivity index (χ1v) is 9.36. The van der Waals surface area contributed by atoms with Crippen molar-refractivity contribution < 1.29 is 14.3 Å². The standard InChI is InChI=1S/C22H23N5O3/c1-15-7-5-8-16(2)20(15)27-12-11-24-18(14-27)21(28)25-13-17-19(9-6-10-23-17)30-22(29)26(3)4/h5-11,13-14H,12H2,1-4H3. The summed E-state index contributed by atoms with van der Waals surface area (Å²) < 4.78 is 5.26. The molecule has 0 fully saturated rings. The average molecular weight is 405 g/mol. The third-order valence-electron chi connectivity index (χ3n) is 4.40. The summed E-state index contributed by atoms with van der Waals surface area (Å²) in [6.07, 6.45) is 5.63. The zero-order valence-electron chi connectivity index (χ0n) is 17.4. The van der Waals surface area contributed by atoms with Crippen LogP contribution in [0.1, 0.15) is 16.8 Å². The summed E-state index contributed by atoms with van der Waals surface area (Å²) in [4.78, 5) is 40.0. The van der Waals surface area contributed by atoms with E-state index in [2.05, 4.69) is 15.0 Å². The molecule has 0 aliphatic carbocycles. The molecule has 0 radical (unpaired) electrons. The van der Waals surface area contributed by atoms with E-state index >= 15 is 0 Å². The molecule has 1 aromatic heterocycles. The van der Waals surface area contributed by atoms with E-state index in [1.165, 1.54) is 17.3 Å². The molecule has 2 heterocycles. The number of aliphatic imine (C=N–C) groups is 2. The lowest BCUT2D eigenvalue weighted by Gasteiger charge is -2.25.